The highest BCUT2D eigenvalue weighted by Crippen LogP contribution is 2.41. The van der Waals surface area contributed by atoms with E-state index in [1.54, 1.807) is 17.7 Å². The highest BCUT2D eigenvalue weighted by Gasteiger charge is 2.54. The number of likely N-dealkylation sites (tertiary alicyclic amines) is 1. The molecule has 1 aromatic carbocycles. The number of hydrogen-bond acceptors (Lipinski definition) is 14. The van der Waals surface area contributed by atoms with E-state index in [0.29, 0.717) is 51.9 Å². The number of phenolic OH excluding ortho intramolecular Hbond substituents is 1. The lowest BCUT2D eigenvalue weighted by molar-refractivity contribution is -0.925. The largest absolute Gasteiger partial charge is 0.543 e. The number of oxime groups is 1. The highest BCUT2D eigenvalue weighted by molar-refractivity contribution is 8.00. The topological polar surface area (TPSA) is 242 Å². The van der Waals surface area contributed by atoms with Crippen molar-refractivity contribution in [2.45, 2.75) is 70.6 Å². The van der Waals surface area contributed by atoms with Gasteiger partial charge in [-0.15, -0.1) is 23.1 Å². The number of carbonyl (C=O) groups is 4. The van der Waals surface area contributed by atoms with Gasteiger partial charge in [0, 0.05) is 47.5 Å². The molecule has 2 saturated heterocycles. The number of rotatable bonds is 12. The number of nitrogens with zero attached hydrogens (tertiary/aromatic N) is 6. The molecule has 0 radical (unpaired) electrons. The minimum Gasteiger partial charge on any atom is -0.543 e. The third-order valence-electron chi connectivity index (χ3n) is 9.55. The fourth-order valence-corrected chi connectivity index (χ4v) is 8.61. The number of aliphatic carboxylic acids is 2. The Balaban J connectivity index is 1.26. The number of β-lactam (4-membered cyclic amide) rings is 1. The van der Waals surface area contributed by atoms with Crippen LogP contribution in [-0.4, -0.2) is 106 Å². The number of aromatic nitrogens is 3. The maximum absolute atomic E-state index is 13.8. The average molecular weight is 755 g/mol. The molecule has 2 atom stereocenters. The van der Waals surface area contributed by atoms with Crippen LogP contribution >= 0.6 is 23.1 Å². The van der Waals surface area contributed by atoms with Gasteiger partial charge in [0.15, 0.2) is 16.5 Å². The molecule has 19 heteroatoms. The first kappa shape index (κ1) is 36.8. The number of amides is 2. The van der Waals surface area contributed by atoms with Crippen LogP contribution < -0.4 is 21.6 Å². The van der Waals surface area contributed by atoms with Crippen LogP contribution in [-0.2, 0) is 37.1 Å². The van der Waals surface area contributed by atoms with Gasteiger partial charge in [0.1, 0.15) is 35.9 Å². The van der Waals surface area contributed by atoms with E-state index >= 15 is 0 Å². The summed E-state index contributed by atoms with van der Waals surface area (Å²) in [6.07, 6.45) is 1.70. The van der Waals surface area contributed by atoms with Crippen molar-refractivity contribution in [3.63, 3.8) is 0 Å². The molecule has 0 unspecified atom stereocenters. The number of anilines is 1. The van der Waals surface area contributed by atoms with Crippen molar-refractivity contribution in [1.82, 2.24) is 25.0 Å². The molecule has 2 fully saturated rings. The number of nitrogen functional groups attached to an aromatic ring is 1. The monoisotopic (exact) mass is 754 g/mol. The van der Waals surface area contributed by atoms with Crippen LogP contribution in [0.25, 0.3) is 10.9 Å². The van der Waals surface area contributed by atoms with E-state index in [0.717, 1.165) is 29.1 Å². The van der Waals surface area contributed by atoms with Crippen LogP contribution in [0.4, 0.5) is 5.13 Å². The molecule has 52 heavy (non-hydrogen) atoms. The van der Waals surface area contributed by atoms with Crippen molar-refractivity contribution < 1.29 is 43.8 Å². The molecule has 2 amide bonds. The van der Waals surface area contributed by atoms with Crippen LogP contribution in [0.3, 0.4) is 0 Å². The number of nitrogens with two attached hydrogens (primary N) is 1. The number of fused-ring (bicyclic) bond motifs is 2. The van der Waals surface area contributed by atoms with Crippen LogP contribution in [0.1, 0.15) is 50.6 Å². The number of phenols is 1. The van der Waals surface area contributed by atoms with Gasteiger partial charge in [-0.25, -0.2) is 9.78 Å². The van der Waals surface area contributed by atoms with E-state index in [2.05, 4.69) is 20.6 Å². The van der Waals surface area contributed by atoms with Gasteiger partial charge in [-0.05, 0) is 39.3 Å². The molecule has 0 bridgehead atoms. The lowest BCUT2D eigenvalue weighted by Crippen LogP contribution is -2.72. The number of benzene rings is 1. The molecule has 2 aromatic heterocycles. The number of hydrogen-bond donors (Lipinski definition) is 4. The fourth-order valence-electron chi connectivity index (χ4n) is 6.73. The molecule has 276 valence electrons. The zero-order valence-electron chi connectivity index (χ0n) is 28.9. The van der Waals surface area contributed by atoms with Crippen LogP contribution in [0.2, 0.25) is 0 Å². The fraction of sp³-hybridized carbons (Fsp3) is 0.455. The van der Waals surface area contributed by atoms with Crippen molar-refractivity contribution in [3.05, 3.63) is 56.0 Å². The second kappa shape index (κ2) is 13.8. The molecule has 6 rings (SSSR count). The molecule has 3 aliphatic rings. The Hall–Kier alpha value is -5.01. The molecular formula is C33H38N8O9S2. The Morgan fingerprint density at radius 1 is 1.21 bits per heavy atom. The summed E-state index contributed by atoms with van der Waals surface area (Å²) in [6.45, 7) is 8.34. The van der Waals surface area contributed by atoms with Crippen molar-refractivity contribution in [2.75, 3.05) is 31.1 Å². The van der Waals surface area contributed by atoms with E-state index in [9.17, 15) is 39.3 Å². The minimum atomic E-state index is -1.80. The van der Waals surface area contributed by atoms with Gasteiger partial charge in [0.2, 0.25) is 11.0 Å². The van der Waals surface area contributed by atoms with Gasteiger partial charge < -0.3 is 40.5 Å². The predicted molar refractivity (Wildman–Crippen MR) is 189 cm³/mol. The summed E-state index contributed by atoms with van der Waals surface area (Å²) >= 11 is 2.29. The third kappa shape index (κ3) is 6.70. The summed E-state index contributed by atoms with van der Waals surface area (Å²) in [5.74, 6) is -4.17. The van der Waals surface area contributed by atoms with Gasteiger partial charge in [-0.1, -0.05) is 5.16 Å². The van der Waals surface area contributed by atoms with Gasteiger partial charge in [-0.2, -0.15) is 5.10 Å². The summed E-state index contributed by atoms with van der Waals surface area (Å²) in [5.41, 5.74) is 4.90. The smallest absolute Gasteiger partial charge is 0.350 e. The Labute approximate surface area is 305 Å². The van der Waals surface area contributed by atoms with Gasteiger partial charge in [0.05, 0.1) is 30.3 Å². The van der Waals surface area contributed by atoms with Crippen LogP contribution in [0.5, 0.6) is 5.75 Å². The number of carboxylic acids is 2. The third-order valence-corrected chi connectivity index (χ3v) is 11.6. The molecule has 5 heterocycles. The van der Waals surface area contributed by atoms with E-state index in [-0.39, 0.29) is 46.5 Å². The molecule has 0 saturated carbocycles. The molecule has 0 aliphatic carbocycles. The van der Waals surface area contributed by atoms with Crippen molar-refractivity contribution in [3.8, 4) is 5.75 Å². The number of thiazole rings is 1. The number of thioether (sulfide) groups is 1. The first-order chi connectivity index (χ1) is 24.6. The van der Waals surface area contributed by atoms with E-state index in [1.165, 1.54) is 37.1 Å². The summed E-state index contributed by atoms with van der Waals surface area (Å²) in [5, 5.41) is 44.6. The SMILES string of the molecule is CCn1nc(C[N+]2(CC3=C(C(=O)[O-])N4C(=O)[C@@H](NC(=O)/C(=N\OC(C)(C)C(=O)O)c5csc(N)n5)[C@H]4SC3)CCCC2)c(=O)c2cc(C)c(O)cc21. The van der Waals surface area contributed by atoms with E-state index < -0.39 is 46.5 Å². The summed E-state index contributed by atoms with van der Waals surface area (Å²) in [7, 11) is 0. The quantitative estimate of drug-likeness (QED) is 0.0841. The molecular weight excluding hydrogens is 717 g/mol. The first-order valence-electron chi connectivity index (χ1n) is 16.5. The van der Waals surface area contributed by atoms with Gasteiger partial charge >= 0.3 is 5.97 Å². The molecule has 17 nitrogen and oxygen atoms in total. The summed E-state index contributed by atoms with van der Waals surface area (Å²) < 4.78 is 2.04. The highest BCUT2D eigenvalue weighted by atomic mass is 32.2. The predicted octanol–water partition coefficient (Wildman–Crippen LogP) is 0.268. The lowest BCUT2D eigenvalue weighted by atomic mass is 10.0. The Bertz CT molecular complexity index is 2120. The second-order valence-corrected chi connectivity index (χ2v) is 15.6. The number of nitrogens with one attached hydrogen (secondary N) is 1. The maximum Gasteiger partial charge on any atom is 0.350 e. The van der Waals surface area contributed by atoms with Gasteiger partial charge in [-0.3, -0.25) is 24.0 Å². The van der Waals surface area contributed by atoms with Crippen molar-refractivity contribution >= 4 is 68.6 Å². The molecule has 3 aromatic rings. The number of aromatic hydroxyl groups is 1. The Morgan fingerprint density at radius 3 is 2.54 bits per heavy atom. The second-order valence-electron chi connectivity index (χ2n) is 13.6. The van der Waals surface area contributed by atoms with Crippen molar-refractivity contribution in [2.24, 2.45) is 5.16 Å². The molecule has 3 aliphatic heterocycles. The number of aryl methyl sites for hydroxylation is 2. The lowest BCUT2D eigenvalue weighted by Gasteiger charge is -2.51. The van der Waals surface area contributed by atoms with Crippen LogP contribution in [0.15, 0.2) is 38.7 Å². The summed E-state index contributed by atoms with van der Waals surface area (Å²) in [4.78, 5) is 75.3. The van der Waals surface area contributed by atoms with Gasteiger partial charge in [0.25, 0.3) is 11.8 Å². The zero-order valence-corrected chi connectivity index (χ0v) is 30.5. The minimum absolute atomic E-state index is 0.00164. The number of carboxylic acid groups (broad SMARTS) is 2. The molecule has 5 N–H and O–H groups in total. The Kier molecular flexibility index (Phi) is 9.79. The Morgan fingerprint density at radius 2 is 1.92 bits per heavy atom. The number of carbonyl (C=O) groups excluding carboxylic acids is 3. The van der Waals surface area contributed by atoms with E-state index in [4.69, 9.17) is 10.6 Å². The maximum atomic E-state index is 13.8. The van der Waals surface area contributed by atoms with E-state index in [1.807, 2.05) is 6.92 Å². The molecule has 0 spiro atoms. The summed E-state index contributed by atoms with van der Waals surface area (Å²) in [6, 6.07) is 2.05. The number of quaternary nitrogens is 1. The normalized spacial score (nSPS) is 20.1. The van der Waals surface area contributed by atoms with Crippen LogP contribution in [0, 0.1) is 6.92 Å². The van der Waals surface area contributed by atoms with Crippen molar-refractivity contribution in [1.29, 1.82) is 0 Å². The standard InChI is InChI=1S/C33H38N8O9S2/c1-5-39-21-11-22(42)16(2)10-18(21)26(43)19(37-39)13-41(8-6-7-9-41)12-17-14-51-29-24(28(45)40(29)25(17)30(46)47)36-27(44)23(20-15-52-32(34)35-20)38-50-33(3,4)31(48)49/h10-11,15,24,29H,5-9,12-14H2,1-4H3,(H5-,34,35,36,42,43,44,46,47,48,49)/b38-23-/t24-,29-/m1/s1. The first-order valence-corrected chi connectivity index (χ1v) is 18.5. The average Bonchev–Trinajstić information content (AvgIpc) is 3.74. The zero-order chi connectivity index (χ0) is 37.7.